The fourth-order valence-electron chi connectivity index (χ4n) is 1.81. The number of aryl methyl sites for hydroxylation is 1. The number of amides is 1. The van der Waals surface area contributed by atoms with Gasteiger partial charge in [-0.2, -0.15) is 4.98 Å². The number of nitrogens with one attached hydrogen (secondary N) is 1. The lowest BCUT2D eigenvalue weighted by Crippen LogP contribution is -2.26. The Balaban J connectivity index is 1.87. The van der Waals surface area contributed by atoms with Crippen molar-refractivity contribution in [3.8, 4) is 5.75 Å². The first-order valence-corrected chi connectivity index (χ1v) is 8.30. The minimum absolute atomic E-state index is 0.0136. The van der Waals surface area contributed by atoms with E-state index in [9.17, 15) is 9.59 Å². The molecule has 0 atom stereocenters. The summed E-state index contributed by atoms with van der Waals surface area (Å²) in [6.45, 7) is 2.14. The lowest BCUT2D eigenvalue weighted by atomic mass is 10.2. The molecule has 8 nitrogen and oxygen atoms in total. The number of carbonyl (C=O) groups is 2. The molecule has 9 heteroatoms. The van der Waals surface area contributed by atoms with Crippen LogP contribution in [0.25, 0.3) is 0 Å². The number of rotatable bonds is 9. The third-order valence-electron chi connectivity index (χ3n) is 2.82. The van der Waals surface area contributed by atoms with Gasteiger partial charge in [0.2, 0.25) is 11.7 Å². The summed E-state index contributed by atoms with van der Waals surface area (Å²) in [5, 5.41) is 15.0. The Kier molecular flexibility index (Phi) is 6.62. The fourth-order valence-corrected chi connectivity index (χ4v) is 2.38. The van der Waals surface area contributed by atoms with Gasteiger partial charge in [-0.05, 0) is 12.1 Å². The molecule has 24 heavy (non-hydrogen) atoms. The molecule has 0 aliphatic rings. The molecule has 2 aromatic rings. The molecule has 1 aromatic carbocycles. The summed E-state index contributed by atoms with van der Waals surface area (Å²) in [6, 6.07) is 6.83. The molecule has 0 saturated carbocycles. The molecule has 1 amide bonds. The molecule has 0 aliphatic heterocycles. The molecule has 0 radical (unpaired) electrons. The van der Waals surface area contributed by atoms with E-state index in [1.165, 1.54) is 11.8 Å². The zero-order chi connectivity index (χ0) is 17.4. The lowest BCUT2D eigenvalue weighted by Gasteiger charge is -2.10. The summed E-state index contributed by atoms with van der Waals surface area (Å²) in [4.78, 5) is 26.7. The smallest absolute Gasteiger partial charge is 0.313 e. The third-order valence-corrected chi connectivity index (χ3v) is 3.76. The maximum absolute atomic E-state index is 12.2. The van der Waals surface area contributed by atoms with Gasteiger partial charge in [0, 0.05) is 19.2 Å². The van der Waals surface area contributed by atoms with E-state index in [-0.39, 0.29) is 18.3 Å². The average Bonchev–Trinajstić information content (AvgIpc) is 2.98. The maximum atomic E-state index is 12.2. The number of hydrogen-bond acceptors (Lipinski definition) is 7. The van der Waals surface area contributed by atoms with Crippen LogP contribution in [0.3, 0.4) is 0 Å². The molecule has 0 aliphatic carbocycles. The van der Waals surface area contributed by atoms with Gasteiger partial charge in [0.05, 0.1) is 11.3 Å². The van der Waals surface area contributed by atoms with Crippen LogP contribution >= 0.6 is 11.8 Å². The standard InChI is InChI=1S/C15H17N3O5S/c1-10-17-13(18-23-10)8-22-12-5-3-2-4-11(12)15(21)16-6-7-24-9-14(19)20/h2-5H,6-9H2,1H3,(H,16,21)(H,19,20). The molecule has 0 spiro atoms. The lowest BCUT2D eigenvalue weighted by molar-refractivity contribution is -0.133. The third kappa shape index (κ3) is 5.58. The van der Waals surface area contributed by atoms with E-state index < -0.39 is 5.97 Å². The van der Waals surface area contributed by atoms with Crippen molar-refractivity contribution in [1.29, 1.82) is 0 Å². The Morgan fingerprint density at radius 3 is 2.88 bits per heavy atom. The van der Waals surface area contributed by atoms with E-state index >= 15 is 0 Å². The van der Waals surface area contributed by atoms with Gasteiger partial charge in [-0.3, -0.25) is 9.59 Å². The van der Waals surface area contributed by atoms with Crippen molar-refractivity contribution in [2.24, 2.45) is 0 Å². The second kappa shape index (κ2) is 8.92. The van der Waals surface area contributed by atoms with Crippen LogP contribution in [0.5, 0.6) is 5.75 Å². The van der Waals surface area contributed by atoms with E-state index in [0.29, 0.717) is 35.3 Å². The van der Waals surface area contributed by atoms with Gasteiger partial charge in [0.1, 0.15) is 5.75 Å². The largest absolute Gasteiger partial charge is 0.485 e. The van der Waals surface area contributed by atoms with E-state index in [0.717, 1.165) is 0 Å². The van der Waals surface area contributed by atoms with Gasteiger partial charge in [-0.1, -0.05) is 17.3 Å². The van der Waals surface area contributed by atoms with Crippen LogP contribution in [0, 0.1) is 6.92 Å². The summed E-state index contributed by atoms with van der Waals surface area (Å²) < 4.78 is 10.4. The van der Waals surface area contributed by atoms with Crippen molar-refractivity contribution in [3.63, 3.8) is 0 Å². The van der Waals surface area contributed by atoms with Gasteiger partial charge in [-0.25, -0.2) is 0 Å². The normalized spacial score (nSPS) is 10.4. The highest BCUT2D eigenvalue weighted by Gasteiger charge is 2.13. The van der Waals surface area contributed by atoms with E-state index in [2.05, 4.69) is 15.5 Å². The molecule has 1 heterocycles. The highest BCUT2D eigenvalue weighted by molar-refractivity contribution is 7.99. The number of thioether (sulfide) groups is 1. The predicted octanol–water partition coefficient (Wildman–Crippen LogP) is 1.50. The molecule has 0 unspecified atom stereocenters. The predicted molar refractivity (Wildman–Crippen MR) is 87.1 cm³/mol. The number of carbonyl (C=O) groups excluding carboxylic acids is 1. The van der Waals surface area contributed by atoms with E-state index in [4.69, 9.17) is 14.4 Å². The van der Waals surface area contributed by atoms with Gasteiger partial charge >= 0.3 is 5.97 Å². The van der Waals surface area contributed by atoms with Crippen molar-refractivity contribution in [2.75, 3.05) is 18.1 Å². The number of nitrogens with zero attached hydrogens (tertiary/aromatic N) is 2. The molecule has 0 bridgehead atoms. The first-order chi connectivity index (χ1) is 11.6. The minimum atomic E-state index is -0.873. The van der Waals surface area contributed by atoms with Crippen LogP contribution < -0.4 is 10.1 Å². The second-order valence-corrected chi connectivity index (χ2v) is 5.82. The number of carboxylic acids is 1. The van der Waals surface area contributed by atoms with Crippen molar-refractivity contribution in [3.05, 3.63) is 41.5 Å². The van der Waals surface area contributed by atoms with Crippen LogP contribution in [0.4, 0.5) is 0 Å². The zero-order valence-electron chi connectivity index (χ0n) is 13.0. The number of benzene rings is 1. The van der Waals surface area contributed by atoms with Crippen LogP contribution in [-0.4, -0.2) is 45.2 Å². The quantitative estimate of drug-likeness (QED) is 0.653. The molecular weight excluding hydrogens is 334 g/mol. The van der Waals surface area contributed by atoms with E-state index in [1.807, 2.05) is 0 Å². The topological polar surface area (TPSA) is 115 Å². The molecule has 1 aromatic heterocycles. The molecule has 128 valence electrons. The number of aromatic nitrogens is 2. The molecule has 2 rings (SSSR count). The van der Waals surface area contributed by atoms with Crippen molar-refractivity contribution >= 4 is 23.6 Å². The number of aliphatic carboxylic acids is 1. The van der Waals surface area contributed by atoms with Gasteiger partial charge in [-0.15, -0.1) is 11.8 Å². The molecule has 0 saturated heterocycles. The number of carboxylic acid groups (broad SMARTS) is 1. The number of para-hydroxylation sites is 1. The maximum Gasteiger partial charge on any atom is 0.313 e. The number of hydrogen-bond donors (Lipinski definition) is 2. The minimum Gasteiger partial charge on any atom is -0.485 e. The highest BCUT2D eigenvalue weighted by Crippen LogP contribution is 2.19. The Morgan fingerprint density at radius 1 is 1.38 bits per heavy atom. The van der Waals surface area contributed by atoms with Crippen LogP contribution in [0.2, 0.25) is 0 Å². The zero-order valence-corrected chi connectivity index (χ0v) is 13.8. The second-order valence-electron chi connectivity index (χ2n) is 4.72. The van der Waals surface area contributed by atoms with Gasteiger partial charge in [0.25, 0.3) is 5.91 Å². The Labute approximate surface area is 142 Å². The first-order valence-electron chi connectivity index (χ1n) is 7.15. The Hall–Kier alpha value is -2.55. The summed E-state index contributed by atoms with van der Waals surface area (Å²) in [6.07, 6.45) is 0. The Bertz CT molecular complexity index is 704. The van der Waals surface area contributed by atoms with Crippen LogP contribution in [0.15, 0.2) is 28.8 Å². The average molecular weight is 351 g/mol. The summed E-state index contributed by atoms with van der Waals surface area (Å²) in [5.74, 6) is 0.623. The monoisotopic (exact) mass is 351 g/mol. The number of ether oxygens (including phenoxy) is 1. The van der Waals surface area contributed by atoms with Crippen molar-refractivity contribution in [2.45, 2.75) is 13.5 Å². The molecule has 2 N–H and O–H groups in total. The summed E-state index contributed by atoms with van der Waals surface area (Å²) >= 11 is 1.24. The van der Waals surface area contributed by atoms with E-state index in [1.54, 1.807) is 31.2 Å². The van der Waals surface area contributed by atoms with Crippen molar-refractivity contribution in [1.82, 2.24) is 15.5 Å². The van der Waals surface area contributed by atoms with Gasteiger partial charge < -0.3 is 19.7 Å². The van der Waals surface area contributed by atoms with Crippen LogP contribution in [0.1, 0.15) is 22.1 Å². The Morgan fingerprint density at radius 2 is 2.17 bits per heavy atom. The summed E-state index contributed by atoms with van der Waals surface area (Å²) in [7, 11) is 0. The van der Waals surface area contributed by atoms with Gasteiger partial charge in [0.15, 0.2) is 6.61 Å². The van der Waals surface area contributed by atoms with Crippen molar-refractivity contribution < 1.29 is 24.0 Å². The highest BCUT2D eigenvalue weighted by atomic mass is 32.2. The first kappa shape index (κ1) is 17.8. The SMILES string of the molecule is Cc1nc(COc2ccccc2C(=O)NCCSCC(=O)O)no1. The van der Waals surface area contributed by atoms with Crippen LogP contribution in [-0.2, 0) is 11.4 Å². The molecular formula is C15H17N3O5S. The summed E-state index contributed by atoms with van der Waals surface area (Å²) in [5.41, 5.74) is 0.390. The fraction of sp³-hybridized carbons (Fsp3) is 0.333. The molecule has 0 fully saturated rings.